The fourth-order valence-corrected chi connectivity index (χ4v) is 11.5. The van der Waals surface area contributed by atoms with Crippen LogP contribution in [0.3, 0.4) is 0 Å². The van der Waals surface area contributed by atoms with Gasteiger partial charge in [-0.25, -0.2) is 0 Å². The molecule has 8 unspecified atom stereocenters. The van der Waals surface area contributed by atoms with E-state index in [0.29, 0.717) is 20.2 Å². The Morgan fingerprint density at radius 1 is 0.583 bits per heavy atom. The SMILES string of the molecule is O=S(C1CCCC(S(=O)C2CCCCC2Br)C1)C1CCCCC1Br. The van der Waals surface area contributed by atoms with Gasteiger partial charge < -0.3 is 0 Å². The van der Waals surface area contributed by atoms with Crippen LogP contribution in [0.4, 0.5) is 0 Å². The fraction of sp³-hybridized carbons (Fsp3) is 1.00. The van der Waals surface area contributed by atoms with Gasteiger partial charge in [0, 0.05) is 52.3 Å². The summed E-state index contributed by atoms with van der Waals surface area (Å²) >= 11 is 7.55. The molecule has 0 aromatic carbocycles. The summed E-state index contributed by atoms with van der Waals surface area (Å²) in [6.07, 6.45) is 13.6. The summed E-state index contributed by atoms with van der Waals surface area (Å²) < 4.78 is 26.3. The summed E-state index contributed by atoms with van der Waals surface area (Å²) in [6.45, 7) is 0. The van der Waals surface area contributed by atoms with Crippen LogP contribution in [0.1, 0.15) is 77.0 Å². The first kappa shape index (κ1) is 20.0. The molecule has 0 saturated heterocycles. The maximum Gasteiger partial charge on any atom is 0.0475 e. The highest BCUT2D eigenvalue weighted by atomic mass is 79.9. The molecule has 0 spiro atoms. The fourth-order valence-electron chi connectivity index (χ4n) is 4.65. The van der Waals surface area contributed by atoms with E-state index in [1.54, 1.807) is 0 Å². The van der Waals surface area contributed by atoms with Crippen molar-refractivity contribution in [3.05, 3.63) is 0 Å². The van der Waals surface area contributed by atoms with E-state index in [9.17, 15) is 8.42 Å². The molecule has 8 atom stereocenters. The predicted octanol–water partition coefficient (Wildman–Crippen LogP) is 5.21. The van der Waals surface area contributed by atoms with Gasteiger partial charge in [0.1, 0.15) is 0 Å². The number of hydrogen-bond acceptors (Lipinski definition) is 2. The van der Waals surface area contributed by atoms with Crippen molar-refractivity contribution >= 4 is 53.5 Å². The Morgan fingerprint density at radius 2 is 1.00 bits per heavy atom. The maximum atomic E-state index is 13.1. The monoisotopic (exact) mass is 500 g/mol. The second kappa shape index (κ2) is 9.45. The third-order valence-corrected chi connectivity index (χ3v) is 13.5. The smallest absolute Gasteiger partial charge is 0.0475 e. The quantitative estimate of drug-likeness (QED) is 0.495. The number of rotatable bonds is 4. The Bertz CT molecular complexity index is 434. The van der Waals surface area contributed by atoms with Gasteiger partial charge in [-0.1, -0.05) is 64.0 Å². The van der Waals surface area contributed by atoms with Crippen LogP contribution in [0, 0.1) is 0 Å². The highest BCUT2D eigenvalue weighted by Crippen LogP contribution is 2.37. The van der Waals surface area contributed by atoms with Gasteiger partial charge in [0.05, 0.1) is 0 Å². The molecule has 2 nitrogen and oxygen atoms in total. The maximum absolute atomic E-state index is 13.1. The van der Waals surface area contributed by atoms with Crippen LogP contribution in [0.15, 0.2) is 0 Å². The van der Waals surface area contributed by atoms with Crippen molar-refractivity contribution in [2.75, 3.05) is 0 Å². The topological polar surface area (TPSA) is 34.1 Å². The second-order valence-corrected chi connectivity index (χ2v) is 14.0. The lowest BCUT2D eigenvalue weighted by Gasteiger charge is -2.36. The van der Waals surface area contributed by atoms with Gasteiger partial charge in [-0.15, -0.1) is 0 Å². The summed E-state index contributed by atoms with van der Waals surface area (Å²) in [4.78, 5) is 0.839. The highest BCUT2D eigenvalue weighted by molar-refractivity contribution is 9.09. The lowest BCUT2D eigenvalue weighted by atomic mass is 9.99. The van der Waals surface area contributed by atoms with Crippen LogP contribution >= 0.6 is 31.9 Å². The van der Waals surface area contributed by atoms with E-state index in [1.165, 1.54) is 25.7 Å². The van der Waals surface area contributed by atoms with E-state index < -0.39 is 21.6 Å². The van der Waals surface area contributed by atoms with Gasteiger partial charge in [0.2, 0.25) is 0 Å². The molecule has 0 bridgehead atoms. The van der Waals surface area contributed by atoms with E-state index in [4.69, 9.17) is 0 Å². The molecular weight excluding hydrogens is 472 g/mol. The molecule has 3 rings (SSSR count). The standard InChI is InChI=1S/C18H30Br2O2S2/c19-15-8-1-3-10-17(15)23(21)13-6-5-7-14(12-13)24(22)18-11-4-2-9-16(18)20/h13-18H,1-12H2. The Labute approximate surface area is 168 Å². The van der Waals surface area contributed by atoms with E-state index >= 15 is 0 Å². The molecule has 0 amide bonds. The van der Waals surface area contributed by atoms with Gasteiger partial charge >= 0.3 is 0 Å². The Kier molecular flexibility index (Phi) is 7.88. The van der Waals surface area contributed by atoms with Gasteiger partial charge in [0.15, 0.2) is 0 Å². The summed E-state index contributed by atoms with van der Waals surface area (Å²) in [6, 6.07) is 0. The van der Waals surface area contributed by atoms with Gasteiger partial charge in [-0.05, 0) is 44.9 Å². The van der Waals surface area contributed by atoms with Crippen molar-refractivity contribution in [1.29, 1.82) is 0 Å². The Morgan fingerprint density at radius 3 is 1.42 bits per heavy atom. The van der Waals surface area contributed by atoms with E-state index in [-0.39, 0.29) is 10.5 Å². The van der Waals surface area contributed by atoms with Crippen molar-refractivity contribution in [1.82, 2.24) is 0 Å². The Balaban J connectivity index is 1.61. The van der Waals surface area contributed by atoms with E-state index in [1.807, 2.05) is 0 Å². The molecule has 3 aliphatic rings. The van der Waals surface area contributed by atoms with Crippen LogP contribution in [0.2, 0.25) is 0 Å². The molecule has 6 heteroatoms. The first-order valence-corrected chi connectivity index (χ1v) is 14.0. The first-order valence-electron chi connectivity index (χ1n) is 9.65. The minimum Gasteiger partial charge on any atom is -0.259 e. The molecule has 0 radical (unpaired) electrons. The van der Waals surface area contributed by atoms with E-state index in [2.05, 4.69) is 31.9 Å². The molecular formula is C18H30Br2O2S2. The Hall–Kier alpha value is 1.26. The normalized spacial score (nSPS) is 43.9. The van der Waals surface area contributed by atoms with Crippen molar-refractivity contribution in [2.45, 2.75) is 108 Å². The molecule has 0 aromatic rings. The lowest BCUT2D eigenvalue weighted by Crippen LogP contribution is -2.42. The zero-order valence-corrected chi connectivity index (χ0v) is 19.1. The van der Waals surface area contributed by atoms with Crippen LogP contribution in [-0.4, -0.2) is 39.1 Å². The van der Waals surface area contributed by atoms with Crippen molar-refractivity contribution in [3.63, 3.8) is 0 Å². The van der Waals surface area contributed by atoms with Crippen molar-refractivity contribution in [3.8, 4) is 0 Å². The predicted molar refractivity (Wildman–Crippen MR) is 112 cm³/mol. The number of hydrogen-bond donors (Lipinski definition) is 0. The zero-order chi connectivity index (χ0) is 17.1. The molecule has 140 valence electrons. The summed E-state index contributed by atoms with van der Waals surface area (Å²) in [7, 11) is -1.53. The molecule has 0 heterocycles. The van der Waals surface area contributed by atoms with Gasteiger partial charge in [-0.3, -0.25) is 8.42 Å². The molecule has 0 aliphatic heterocycles. The molecule has 0 N–H and O–H groups in total. The average molecular weight is 502 g/mol. The minimum atomic E-state index is -0.767. The summed E-state index contributed by atoms with van der Waals surface area (Å²) in [5, 5.41) is 1.17. The third kappa shape index (κ3) is 4.75. The summed E-state index contributed by atoms with van der Waals surface area (Å²) in [5.41, 5.74) is 0. The molecule has 3 aliphatic carbocycles. The zero-order valence-electron chi connectivity index (χ0n) is 14.3. The lowest BCUT2D eigenvalue weighted by molar-refractivity contribution is 0.474. The van der Waals surface area contributed by atoms with Gasteiger partial charge in [-0.2, -0.15) is 0 Å². The highest BCUT2D eigenvalue weighted by Gasteiger charge is 2.39. The molecule has 24 heavy (non-hydrogen) atoms. The first-order chi connectivity index (χ1) is 11.6. The van der Waals surface area contributed by atoms with Crippen LogP contribution < -0.4 is 0 Å². The van der Waals surface area contributed by atoms with Crippen LogP contribution in [0.25, 0.3) is 0 Å². The molecule has 3 fully saturated rings. The average Bonchev–Trinajstić information content (AvgIpc) is 2.61. The second-order valence-electron chi connectivity index (χ2n) is 7.75. The van der Waals surface area contributed by atoms with E-state index in [0.717, 1.165) is 51.4 Å². The largest absolute Gasteiger partial charge is 0.259 e. The van der Waals surface area contributed by atoms with Crippen LogP contribution in [0.5, 0.6) is 0 Å². The number of alkyl halides is 2. The van der Waals surface area contributed by atoms with Crippen LogP contribution in [-0.2, 0) is 21.6 Å². The van der Waals surface area contributed by atoms with Gasteiger partial charge in [0.25, 0.3) is 0 Å². The van der Waals surface area contributed by atoms with Crippen molar-refractivity contribution < 1.29 is 8.42 Å². The minimum absolute atomic E-state index is 0.271. The summed E-state index contributed by atoms with van der Waals surface area (Å²) in [5.74, 6) is 0. The molecule has 0 aromatic heterocycles. The number of halogens is 2. The third-order valence-electron chi connectivity index (χ3n) is 6.08. The molecule has 3 saturated carbocycles. The van der Waals surface area contributed by atoms with Crippen molar-refractivity contribution in [2.24, 2.45) is 0 Å².